The predicted octanol–water partition coefficient (Wildman–Crippen LogP) is 1.43. The van der Waals surface area contributed by atoms with Gasteiger partial charge in [0.15, 0.2) is 0 Å². The maximum atomic E-state index is 11.0. The highest BCUT2D eigenvalue weighted by Crippen LogP contribution is 2.36. The number of nitrogens with zero attached hydrogens (tertiary/aromatic N) is 1. The van der Waals surface area contributed by atoms with Gasteiger partial charge in [-0.1, -0.05) is 24.3 Å². The van der Waals surface area contributed by atoms with Crippen LogP contribution in [0.25, 0.3) is 0 Å². The van der Waals surface area contributed by atoms with Gasteiger partial charge in [0.2, 0.25) is 5.91 Å². The Balaban J connectivity index is 2.45. The van der Waals surface area contributed by atoms with Crippen LogP contribution in [0.3, 0.4) is 0 Å². The topological polar surface area (TPSA) is 55.5 Å². The Morgan fingerprint density at radius 3 is 3.00 bits per heavy atom. The van der Waals surface area contributed by atoms with Crippen molar-refractivity contribution in [1.82, 2.24) is 0 Å². The standard InChI is InChI=1S/C11H11ClN2O/c12-11(5-10(13)15)7-14-6-8-3-1-2-4-9(8)11/h1-4,6H,5,7H2,(H2,13,15). The molecule has 15 heavy (non-hydrogen) atoms. The van der Waals surface area contributed by atoms with E-state index >= 15 is 0 Å². The van der Waals surface area contributed by atoms with Gasteiger partial charge in [0.25, 0.3) is 0 Å². The summed E-state index contributed by atoms with van der Waals surface area (Å²) in [6.07, 6.45) is 1.89. The Hall–Kier alpha value is -1.35. The summed E-state index contributed by atoms with van der Waals surface area (Å²) in [5.41, 5.74) is 7.08. The van der Waals surface area contributed by atoms with Crippen LogP contribution in [0.1, 0.15) is 17.5 Å². The summed E-state index contributed by atoms with van der Waals surface area (Å²) in [7, 11) is 0. The van der Waals surface area contributed by atoms with Crippen LogP contribution < -0.4 is 5.73 Å². The van der Waals surface area contributed by atoms with Gasteiger partial charge in [0.05, 0.1) is 17.8 Å². The Morgan fingerprint density at radius 2 is 2.27 bits per heavy atom. The van der Waals surface area contributed by atoms with Crippen LogP contribution in [0.15, 0.2) is 29.3 Å². The van der Waals surface area contributed by atoms with Crippen molar-refractivity contribution >= 4 is 23.7 Å². The maximum Gasteiger partial charge on any atom is 0.219 e. The first-order chi connectivity index (χ1) is 7.12. The summed E-state index contributed by atoms with van der Waals surface area (Å²) in [5, 5.41) is 0. The third-order valence-electron chi connectivity index (χ3n) is 2.47. The molecule has 0 saturated heterocycles. The lowest BCUT2D eigenvalue weighted by molar-refractivity contribution is -0.118. The molecule has 4 heteroatoms. The summed E-state index contributed by atoms with van der Waals surface area (Å²) < 4.78 is 0. The van der Waals surface area contributed by atoms with Crippen molar-refractivity contribution in [2.24, 2.45) is 10.7 Å². The zero-order valence-corrected chi connectivity index (χ0v) is 8.87. The number of hydrogen-bond donors (Lipinski definition) is 1. The lowest BCUT2D eigenvalue weighted by atomic mass is 9.89. The molecule has 1 aromatic carbocycles. The second-order valence-corrected chi connectivity index (χ2v) is 4.39. The number of carbonyl (C=O) groups is 1. The van der Waals surface area contributed by atoms with Crippen molar-refractivity contribution in [3.8, 4) is 0 Å². The van der Waals surface area contributed by atoms with Gasteiger partial charge in [0, 0.05) is 6.21 Å². The Morgan fingerprint density at radius 1 is 1.53 bits per heavy atom. The molecule has 78 valence electrons. The fourth-order valence-corrected chi connectivity index (χ4v) is 2.19. The van der Waals surface area contributed by atoms with E-state index in [0.717, 1.165) is 11.1 Å². The zero-order valence-electron chi connectivity index (χ0n) is 8.11. The number of carbonyl (C=O) groups excluding carboxylic acids is 1. The van der Waals surface area contributed by atoms with E-state index in [-0.39, 0.29) is 6.42 Å². The van der Waals surface area contributed by atoms with E-state index in [4.69, 9.17) is 17.3 Å². The SMILES string of the molecule is NC(=O)CC1(Cl)CN=Cc2ccccc21. The Labute approximate surface area is 93.0 Å². The van der Waals surface area contributed by atoms with Crippen LogP contribution in [-0.2, 0) is 9.67 Å². The van der Waals surface area contributed by atoms with Crippen LogP contribution in [0.5, 0.6) is 0 Å². The second-order valence-electron chi connectivity index (χ2n) is 3.67. The zero-order chi connectivity index (χ0) is 10.9. The van der Waals surface area contributed by atoms with Gasteiger partial charge in [-0.15, -0.1) is 11.6 Å². The van der Waals surface area contributed by atoms with E-state index in [1.165, 1.54) is 0 Å². The molecule has 2 rings (SSSR count). The van der Waals surface area contributed by atoms with Gasteiger partial charge in [0.1, 0.15) is 0 Å². The molecule has 0 bridgehead atoms. The van der Waals surface area contributed by atoms with E-state index in [1.54, 1.807) is 6.21 Å². The third kappa shape index (κ3) is 1.88. The van der Waals surface area contributed by atoms with Crippen molar-refractivity contribution < 1.29 is 4.79 Å². The number of amides is 1. The van der Waals surface area contributed by atoms with E-state index in [9.17, 15) is 4.79 Å². The van der Waals surface area contributed by atoms with Gasteiger partial charge < -0.3 is 5.73 Å². The minimum Gasteiger partial charge on any atom is -0.370 e. The van der Waals surface area contributed by atoms with E-state index in [2.05, 4.69) is 4.99 Å². The number of alkyl halides is 1. The molecule has 2 N–H and O–H groups in total. The predicted molar refractivity (Wildman–Crippen MR) is 60.2 cm³/mol. The van der Waals surface area contributed by atoms with Crippen molar-refractivity contribution in [2.45, 2.75) is 11.3 Å². The number of benzene rings is 1. The molecule has 0 radical (unpaired) electrons. The van der Waals surface area contributed by atoms with Crippen molar-refractivity contribution in [2.75, 3.05) is 6.54 Å². The van der Waals surface area contributed by atoms with Gasteiger partial charge in [-0.25, -0.2) is 0 Å². The van der Waals surface area contributed by atoms with Crippen LogP contribution in [-0.4, -0.2) is 18.7 Å². The maximum absolute atomic E-state index is 11.0. The molecule has 1 unspecified atom stereocenters. The molecule has 3 nitrogen and oxygen atoms in total. The fraction of sp³-hybridized carbons (Fsp3) is 0.273. The molecule has 1 aromatic rings. The van der Waals surface area contributed by atoms with Crippen LogP contribution in [0.2, 0.25) is 0 Å². The van der Waals surface area contributed by atoms with Crippen molar-refractivity contribution in [3.63, 3.8) is 0 Å². The average molecular weight is 223 g/mol. The van der Waals surface area contributed by atoms with Crippen LogP contribution in [0.4, 0.5) is 0 Å². The monoisotopic (exact) mass is 222 g/mol. The van der Waals surface area contributed by atoms with Gasteiger partial charge in [-0.3, -0.25) is 9.79 Å². The molecule has 1 aliphatic heterocycles. The molecule has 0 spiro atoms. The second kappa shape index (κ2) is 3.66. The Bertz CT molecular complexity index is 430. The van der Waals surface area contributed by atoms with E-state index in [1.807, 2.05) is 24.3 Å². The highest BCUT2D eigenvalue weighted by atomic mass is 35.5. The Kier molecular flexibility index (Phi) is 2.49. The van der Waals surface area contributed by atoms with Crippen LogP contribution in [0, 0.1) is 0 Å². The summed E-state index contributed by atoms with van der Waals surface area (Å²) >= 11 is 6.39. The summed E-state index contributed by atoms with van der Waals surface area (Å²) in [5.74, 6) is -0.406. The highest BCUT2D eigenvalue weighted by molar-refractivity contribution is 6.26. The van der Waals surface area contributed by atoms with Crippen molar-refractivity contribution in [1.29, 1.82) is 0 Å². The molecule has 1 atom stereocenters. The first-order valence-corrected chi connectivity index (χ1v) is 5.06. The van der Waals surface area contributed by atoms with Crippen LogP contribution >= 0.6 is 11.6 Å². The number of halogens is 1. The number of rotatable bonds is 2. The van der Waals surface area contributed by atoms with Crippen molar-refractivity contribution in [3.05, 3.63) is 35.4 Å². The molecule has 0 saturated carbocycles. The summed E-state index contributed by atoms with van der Waals surface area (Å²) in [6.45, 7) is 0.397. The molecular weight excluding hydrogens is 212 g/mol. The number of primary amides is 1. The molecule has 1 heterocycles. The van der Waals surface area contributed by atoms with Gasteiger partial charge >= 0.3 is 0 Å². The van der Waals surface area contributed by atoms with E-state index in [0.29, 0.717) is 6.54 Å². The minimum absolute atomic E-state index is 0.114. The lowest BCUT2D eigenvalue weighted by Gasteiger charge is -2.28. The normalized spacial score (nSPS) is 23.5. The lowest BCUT2D eigenvalue weighted by Crippen LogP contribution is -2.32. The van der Waals surface area contributed by atoms with E-state index < -0.39 is 10.8 Å². The number of nitrogens with two attached hydrogens (primary N) is 1. The first-order valence-electron chi connectivity index (χ1n) is 4.68. The number of aliphatic imine (C=N–C) groups is 1. The molecule has 1 aliphatic rings. The minimum atomic E-state index is -0.767. The summed E-state index contributed by atoms with van der Waals surface area (Å²) in [6, 6.07) is 7.65. The highest BCUT2D eigenvalue weighted by Gasteiger charge is 2.34. The third-order valence-corrected chi connectivity index (χ3v) is 2.93. The first kappa shape index (κ1) is 10.2. The molecule has 0 aliphatic carbocycles. The van der Waals surface area contributed by atoms with Gasteiger partial charge in [-0.05, 0) is 11.1 Å². The quantitative estimate of drug-likeness (QED) is 0.757. The molecule has 1 amide bonds. The molecule has 0 fully saturated rings. The summed E-state index contributed by atoms with van der Waals surface area (Å²) in [4.78, 5) is 14.4. The molecule has 0 aromatic heterocycles. The largest absolute Gasteiger partial charge is 0.370 e. The fourth-order valence-electron chi connectivity index (χ4n) is 1.82. The smallest absolute Gasteiger partial charge is 0.219 e. The average Bonchev–Trinajstić information content (AvgIpc) is 2.17. The number of fused-ring (bicyclic) bond motifs is 1. The van der Waals surface area contributed by atoms with Gasteiger partial charge in [-0.2, -0.15) is 0 Å². The number of hydrogen-bond acceptors (Lipinski definition) is 2. The molecular formula is C11H11ClN2O.